The molecule has 29 heavy (non-hydrogen) atoms. The molecule has 1 aromatic heterocycles. The van der Waals surface area contributed by atoms with Crippen LogP contribution in [0.15, 0.2) is 52.2 Å². The topological polar surface area (TPSA) is 89.6 Å². The highest BCUT2D eigenvalue weighted by molar-refractivity contribution is 7.89. The molecule has 0 amide bonds. The number of aromatic nitrogens is 3. The Kier molecular flexibility index (Phi) is 5.20. The van der Waals surface area contributed by atoms with Gasteiger partial charge in [-0.1, -0.05) is 29.5 Å². The maximum absolute atomic E-state index is 13.1. The second-order valence-corrected chi connectivity index (χ2v) is 9.40. The summed E-state index contributed by atoms with van der Waals surface area (Å²) in [6.45, 7) is 6.09. The number of aryl methyl sites for hydroxylation is 2. The molecule has 0 atom stereocenters. The highest BCUT2D eigenvalue weighted by Crippen LogP contribution is 2.21. The van der Waals surface area contributed by atoms with Gasteiger partial charge in [-0.2, -0.15) is 8.99 Å². The first-order valence-electron chi connectivity index (χ1n) is 9.60. The van der Waals surface area contributed by atoms with Crippen LogP contribution in [-0.4, -0.2) is 53.9 Å². The molecule has 1 saturated heterocycles. The van der Waals surface area contributed by atoms with Crippen molar-refractivity contribution in [3.8, 4) is 0 Å². The number of hydrogen-bond acceptors (Lipinski definition) is 5. The summed E-state index contributed by atoms with van der Waals surface area (Å²) in [7, 11) is -3.52. The minimum absolute atomic E-state index is 0.173. The molecule has 3 aromatic rings. The van der Waals surface area contributed by atoms with Gasteiger partial charge < -0.3 is 4.90 Å². The highest BCUT2D eigenvalue weighted by atomic mass is 32.2. The summed E-state index contributed by atoms with van der Waals surface area (Å²) < 4.78 is 29.0. The van der Waals surface area contributed by atoms with E-state index in [-0.39, 0.29) is 5.56 Å². The maximum Gasteiger partial charge on any atom is 0.282 e. The van der Waals surface area contributed by atoms with Crippen molar-refractivity contribution < 1.29 is 13.3 Å². The van der Waals surface area contributed by atoms with Crippen molar-refractivity contribution in [2.24, 2.45) is 0 Å². The number of rotatable bonds is 4. The van der Waals surface area contributed by atoms with Gasteiger partial charge in [-0.25, -0.2) is 8.42 Å². The lowest BCUT2D eigenvalue weighted by molar-refractivity contribution is -0.927. The van der Waals surface area contributed by atoms with Crippen LogP contribution in [0.3, 0.4) is 0 Å². The number of sulfonamides is 1. The molecule has 2 aromatic carbocycles. The fraction of sp³-hybridized carbons (Fsp3) is 0.350. The first kappa shape index (κ1) is 19.7. The molecule has 152 valence electrons. The Morgan fingerprint density at radius 1 is 1.07 bits per heavy atom. The van der Waals surface area contributed by atoms with Gasteiger partial charge in [-0.3, -0.25) is 4.79 Å². The van der Waals surface area contributed by atoms with Gasteiger partial charge in [0.15, 0.2) is 6.67 Å². The normalized spacial score (nSPS) is 16.3. The van der Waals surface area contributed by atoms with Crippen LogP contribution in [0.4, 0.5) is 0 Å². The fourth-order valence-corrected chi connectivity index (χ4v) is 5.42. The first-order valence-corrected chi connectivity index (χ1v) is 11.0. The van der Waals surface area contributed by atoms with Crippen molar-refractivity contribution in [3.63, 3.8) is 0 Å². The van der Waals surface area contributed by atoms with E-state index >= 15 is 0 Å². The highest BCUT2D eigenvalue weighted by Gasteiger charge is 2.31. The molecule has 0 aliphatic carbocycles. The molecule has 1 N–H and O–H groups in total. The number of piperazine rings is 1. The number of nitrogens with zero attached hydrogens (tertiary/aromatic N) is 4. The lowest BCUT2D eigenvalue weighted by atomic mass is 10.2. The number of nitrogens with one attached hydrogen (secondary N) is 1. The third-order valence-electron chi connectivity index (χ3n) is 5.39. The Labute approximate surface area is 169 Å². The van der Waals surface area contributed by atoms with E-state index in [0.717, 1.165) is 16.0 Å². The van der Waals surface area contributed by atoms with Gasteiger partial charge in [-0.15, -0.1) is 5.10 Å². The van der Waals surface area contributed by atoms with Crippen LogP contribution in [0.5, 0.6) is 0 Å². The summed E-state index contributed by atoms with van der Waals surface area (Å²) in [6, 6.07) is 12.6. The van der Waals surface area contributed by atoms with Crippen molar-refractivity contribution in [3.05, 3.63) is 63.9 Å². The van der Waals surface area contributed by atoms with Crippen LogP contribution < -0.4 is 10.5 Å². The Balaban J connectivity index is 1.48. The first-order chi connectivity index (χ1) is 13.9. The number of hydrogen-bond donors (Lipinski definition) is 1. The smallest absolute Gasteiger partial charge is 0.282 e. The fourth-order valence-electron chi connectivity index (χ4n) is 3.66. The van der Waals surface area contributed by atoms with Gasteiger partial charge in [0.05, 0.1) is 36.5 Å². The molecule has 2 heterocycles. The Bertz CT molecular complexity index is 1210. The van der Waals surface area contributed by atoms with Gasteiger partial charge in [0, 0.05) is 0 Å². The lowest BCUT2D eigenvalue weighted by Crippen LogP contribution is -3.14. The van der Waals surface area contributed by atoms with Crippen LogP contribution in [0.1, 0.15) is 11.1 Å². The zero-order valence-corrected chi connectivity index (χ0v) is 17.3. The minimum Gasteiger partial charge on any atom is -0.314 e. The summed E-state index contributed by atoms with van der Waals surface area (Å²) in [6.07, 6.45) is 0. The molecular weight excluding hydrogens is 390 g/mol. The van der Waals surface area contributed by atoms with Crippen LogP contribution in [0, 0.1) is 13.8 Å². The average Bonchev–Trinajstić information content (AvgIpc) is 2.72. The quantitative estimate of drug-likeness (QED) is 0.647. The van der Waals surface area contributed by atoms with Gasteiger partial charge in [0.2, 0.25) is 10.0 Å². The Morgan fingerprint density at radius 3 is 2.55 bits per heavy atom. The second-order valence-electron chi connectivity index (χ2n) is 7.49. The summed E-state index contributed by atoms with van der Waals surface area (Å²) >= 11 is 0. The number of fused-ring (bicyclic) bond motifs is 1. The van der Waals surface area contributed by atoms with Gasteiger partial charge in [-0.05, 0) is 43.2 Å². The van der Waals surface area contributed by atoms with Gasteiger partial charge in [0.1, 0.15) is 5.52 Å². The molecule has 8 nitrogen and oxygen atoms in total. The predicted molar refractivity (Wildman–Crippen MR) is 109 cm³/mol. The van der Waals surface area contributed by atoms with Crippen molar-refractivity contribution >= 4 is 20.9 Å². The van der Waals surface area contributed by atoms with E-state index in [2.05, 4.69) is 10.3 Å². The number of quaternary nitrogens is 1. The van der Waals surface area contributed by atoms with E-state index in [1.54, 1.807) is 24.3 Å². The molecule has 0 spiro atoms. The molecule has 0 unspecified atom stereocenters. The van der Waals surface area contributed by atoms with E-state index in [9.17, 15) is 13.2 Å². The van der Waals surface area contributed by atoms with E-state index in [4.69, 9.17) is 0 Å². The van der Waals surface area contributed by atoms with Crippen LogP contribution in [0.25, 0.3) is 10.9 Å². The van der Waals surface area contributed by atoms with Crippen molar-refractivity contribution in [2.75, 3.05) is 26.2 Å². The standard InChI is InChI=1S/C20H23N5O3S/c1-15-7-8-16(2)19(13-15)29(27,28)24-11-9-23(10-12-24)14-25-20(26)17-5-3-4-6-18(17)21-22-25/h3-8,13H,9-12,14H2,1-2H3/p+1. The third-order valence-corrected chi connectivity index (χ3v) is 7.43. The zero-order chi connectivity index (χ0) is 20.6. The van der Waals surface area contributed by atoms with Gasteiger partial charge >= 0.3 is 0 Å². The van der Waals surface area contributed by atoms with Crippen molar-refractivity contribution in [1.29, 1.82) is 0 Å². The van der Waals surface area contributed by atoms with Crippen LogP contribution in [-0.2, 0) is 16.7 Å². The van der Waals surface area contributed by atoms with Crippen LogP contribution >= 0.6 is 0 Å². The summed E-state index contributed by atoms with van der Waals surface area (Å²) in [5.74, 6) is 0. The molecule has 4 rings (SSSR count). The SMILES string of the molecule is Cc1ccc(C)c(S(=O)(=O)N2CC[NH+](Cn3nnc4ccccc4c3=O)CC2)c1. The number of benzene rings is 2. The monoisotopic (exact) mass is 414 g/mol. The zero-order valence-electron chi connectivity index (χ0n) is 16.5. The van der Waals surface area contributed by atoms with Gasteiger partial charge in [0.25, 0.3) is 5.56 Å². The van der Waals surface area contributed by atoms with Crippen molar-refractivity contribution in [1.82, 2.24) is 19.3 Å². The molecule has 1 aliphatic heterocycles. The Morgan fingerprint density at radius 2 is 1.79 bits per heavy atom. The van der Waals surface area contributed by atoms with E-state index < -0.39 is 10.0 Å². The van der Waals surface area contributed by atoms with E-state index in [1.807, 2.05) is 32.0 Å². The molecule has 9 heteroatoms. The maximum atomic E-state index is 13.1. The lowest BCUT2D eigenvalue weighted by Gasteiger charge is -2.31. The van der Waals surface area contributed by atoms with Crippen LogP contribution in [0.2, 0.25) is 0 Å². The average molecular weight is 415 g/mol. The van der Waals surface area contributed by atoms with Crippen molar-refractivity contribution in [2.45, 2.75) is 25.4 Å². The minimum atomic E-state index is -3.52. The molecular formula is C20H24N5O3S+. The van der Waals surface area contributed by atoms with E-state index in [0.29, 0.717) is 48.6 Å². The summed E-state index contributed by atoms with van der Waals surface area (Å²) in [4.78, 5) is 14.1. The second kappa shape index (κ2) is 7.66. The predicted octanol–water partition coefficient (Wildman–Crippen LogP) is -0.0448. The molecule has 1 fully saturated rings. The largest absolute Gasteiger partial charge is 0.314 e. The third kappa shape index (κ3) is 3.81. The van der Waals surface area contributed by atoms with E-state index in [1.165, 1.54) is 8.99 Å². The molecule has 0 bridgehead atoms. The summed E-state index contributed by atoms with van der Waals surface area (Å²) in [5, 5.41) is 8.69. The Hall–Kier alpha value is -2.62. The molecule has 0 radical (unpaired) electrons. The summed E-state index contributed by atoms with van der Waals surface area (Å²) in [5.41, 5.74) is 2.08. The molecule has 0 saturated carbocycles. The molecule has 1 aliphatic rings.